The lowest BCUT2D eigenvalue weighted by atomic mass is 10.0. The number of amides is 2. The summed E-state index contributed by atoms with van der Waals surface area (Å²) in [4.78, 5) is 40.4. The number of nitro benzene ring substituents is 1. The number of methoxy groups -OCH3 is 1. The van der Waals surface area contributed by atoms with E-state index in [1.165, 1.54) is 49.3 Å². The van der Waals surface area contributed by atoms with Gasteiger partial charge in [0.15, 0.2) is 0 Å². The first-order valence-corrected chi connectivity index (χ1v) is 17.5. The monoisotopic (exact) mass is 726 g/mol. The summed E-state index contributed by atoms with van der Waals surface area (Å²) in [5.74, 6) is -1.07. The minimum Gasteiger partial charge on any atom is -0.495 e. The molecule has 0 heterocycles. The number of nitro groups is 1. The maximum absolute atomic E-state index is 14.6. The van der Waals surface area contributed by atoms with E-state index in [9.17, 15) is 28.1 Å². The molecule has 1 unspecified atom stereocenters. The number of nitrogens with zero attached hydrogens (tertiary/aromatic N) is 3. The van der Waals surface area contributed by atoms with Crippen molar-refractivity contribution < 1.29 is 27.7 Å². The summed E-state index contributed by atoms with van der Waals surface area (Å²) in [5, 5.41) is 15.3. The molecule has 0 saturated heterocycles. The number of benzene rings is 4. The maximum Gasteiger partial charge on any atom is 0.273 e. The third-order valence-corrected chi connectivity index (χ3v) is 9.98. The Kier molecular flexibility index (Phi) is 12.6. The van der Waals surface area contributed by atoms with Crippen LogP contribution in [0.2, 0.25) is 10.0 Å². The van der Waals surface area contributed by atoms with Crippen LogP contribution in [0.3, 0.4) is 0 Å². The Morgan fingerprint density at radius 2 is 1.61 bits per heavy atom. The molecular formula is C35H36Cl2N4O7S. The quantitative estimate of drug-likeness (QED) is 0.108. The van der Waals surface area contributed by atoms with E-state index in [0.717, 1.165) is 15.9 Å². The van der Waals surface area contributed by atoms with E-state index in [2.05, 4.69) is 5.32 Å². The lowest BCUT2D eigenvalue weighted by Crippen LogP contribution is -2.53. The van der Waals surface area contributed by atoms with E-state index in [1.54, 1.807) is 24.3 Å². The van der Waals surface area contributed by atoms with E-state index in [0.29, 0.717) is 23.6 Å². The number of sulfonamides is 1. The molecule has 0 saturated carbocycles. The van der Waals surface area contributed by atoms with Crippen molar-refractivity contribution in [1.29, 1.82) is 0 Å². The van der Waals surface area contributed by atoms with Crippen LogP contribution in [0.25, 0.3) is 0 Å². The molecule has 0 aliphatic heterocycles. The van der Waals surface area contributed by atoms with Gasteiger partial charge in [-0.05, 0) is 60.9 Å². The normalized spacial score (nSPS) is 11.8. The SMILES string of the molecule is CCCNC(=O)C(Cc1ccccc1)N(Cc1ccc(Cl)cc1)C(=O)CN(c1cc(Cl)ccc1OC)S(=O)(=O)c1ccc(C)c([N+](=O)[O-])c1. The van der Waals surface area contributed by atoms with Crippen LogP contribution in [0.15, 0.2) is 95.9 Å². The molecule has 0 fully saturated rings. The molecule has 2 amide bonds. The molecule has 14 heteroatoms. The highest BCUT2D eigenvalue weighted by molar-refractivity contribution is 7.92. The van der Waals surface area contributed by atoms with Gasteiger partial charge >= 0.3 is 0 Å². The number of rotatable bonds is 15. The van der Waals surface area contributed by atoms with Crippen molar-refractivity contribution in [3.05, 3.63) is 128 Å². The largest absolute Gasteiger partial charge is 0.495 e. The van der Waals surface area contributed by atoms with E-state index in [4.69, 9.17) is 27.9 Å². The predicted octanol–water partition coefficient (Wildman–Crippen LogP) is 6.58. The van der Waals surface area contributed by atoms with Gasteiger partial charge in [-0.1, -0.05) is 78.7 Å². The average molecular weight is 728 g/mol. The van der Waals surface area contributed by atoms with Crippen LogP contribution in [0.1, 0.15) is 30.0 Å². The van der Waals surface area contributed by atoms with Gasteiger partial charge in [0.1, 0.15) is 18.3 Å². The number of aryl methyl sites for hydroxylation is 1. The van der Waals surface area contributed by atoms with Gasteiger partial charge in [0.2, 0.25) is 11.8 Å². The average Bonchev–Trinajstić information content (AvgIpc) is 3.08. The van der Waals surface area contributed by atoms with Gasteiger partial charge in [0, 0.05) is 41.2 Å². The number of nitrogens with one attached hydrogen (secondary N) is 1. The molecule has 1 atom stereocenters. The van der Waals surface area contributed by atoms with Crippen LogP contribution in [0.4, 0.5) is 11.4 Å². The van der Waals surface area contributed by atoms with Crippen molar-refractivity contribution >= 4 is 56.4 Å². The summed E-state index contributed by atoms with van der Waals surface area (Å²) in [6, 6.07) is 22.6. The lowest BCUT2D eigenvalue weighted by Gasteiger charge is -2.34. The smallest absolute Gasteiger partial charge is 0.273 e. The summed E-state index contributed by atoms with van der Waals surface area (Å²) >= 11 is 12.5. The van der Waals surface area contributed by atoms with Crippen molar-refractivity contribution in [2.75, 3.05) is 24.5 Å². The number of ether oxygens (including phenoxy) is 1. The highest BCUT2D eigenvalue weighted by Crippen LogP contribution is 2.36. The number of anilines is 1. The second-order valence-corrected chi connectivity index (χ2v) is 13.9. The van der Waals surface area contributed by atoms with Crippen molar-refractivity contribution in [3.63, 3.8) is 0 Å². The fourth-order valence-electron chi connectivity index (χ4n) is 5.15. The summed E-state index contributed by atoms with van der Waals surface area (Å²) in [6.07, 6.45) is 0.783. The number of halogens is 2. The zero-order chi connectivity index (χ0) is 35.7. The highest BCUT2D eigenvalue weighted by atomic mass is 35.5. The third-order valence-electron chi connectivity index (χ3n) is 7.74. The van der Waals surface area contributed by atoms with Gasteiger partial charge in [-0.25, -0.2) is 8.42 Å². The first kappa shape index (κ1) is 37.2. The fraction of sp³-hybridized carbons (Fsp3) is 0.257. The molecule has 0 radical (unpaired) electrons. The van der Waals surface area contributed by atoms with Gasteiger partial charge in [0.05, 0.1) is 22.6 Å². The lowest BCUT2D eigenvalue weighted by molar-refractivity contribution is -0.385. The van der Waals surface area contributed by atoms with Gasteiger partial charge in [-0.15, -0.1) is 0 Å². The number of carbonyl (C=O) groups is 2. The van der Waals surface area contributed by atoms with Gasteiger partial charge in [-0.2, -0.15) is 0 Å². The van der Waals surface area contributed by atoms with Gasteiger partial charge < -0.3 is 15.0 Å². The zero-order valence-electron chi connectivity index (χ0n) is 27.1. The molecule has 258 valence electrons. The fourth-order valence-corrected chi connectivity index (χ4v) is 6.88. The van der Waals surface area contributed by atoms with Crippen molar-refractivity contribution in [2.45, 2.75) is 44.2 Å². The molecule has 11 nitrogen and oxygen atoms in total. The number of carbonyl (C=O) groups excluding carboxylic acids is 2. The Labute approximate surface area is 295 Å². The first-order valence-electron chi connectivity index (χ1n) is 15.3. The Morgan fingerprint density at radius 1 is 0.939 bits per heavy atom. The van der Waals surface area contributed by atoms with Gasteiger partial charge in [-0.3, -0.25) is 24.0 Å². The molecule has 4 aromatic rings. The predicted molar refractivity (Wildman–Crippen MR) is 190 cm³/mol. The second kappa shape index (κ2) is 16.6. The van der Waals surface area contributed by atoms with Crippen LogP contribution >= 0.6 is 23.2 Å². The molecule has 4 rings (SSSR count). The molecule has 0 aliphatic rings. The molecule has 0 spiro atoms. The van der Waals surface area contributed by atoms with Crippen LogP contribution in [-0.4, -0.2) is 56.3 Å². The zero-order valence-corrected chi connectivity index (χ0v) is 29.5. The van der Waals surface area contributed by atoms with E-state index in [1.807, 2.05) is 37.3 Å². The topological polar surface area (TPSA) is 139 Å². The Hall–Kier alpha value is -4.65. The van der Waals surface area contributed by atoms with E-state index < -0.39 is 49.9 Å². The first-order chi connectivity index (χ1) is 23.3. The Balaban J connectivity index is 1.88. The van der Waals surface area contributed by atoms with Crippen LogP contribution in [0, 0.1) is 17.0 Å². The summed E-state index contributed by atoms with van der Waals surface area (Å²) < 4.78 is 35.1. The summed E-state index contributed by atoms with van der Waals surface area (Å²) in [7, 11) is -3.35. The summed E-state index contributed by atoms with van der Waals surface area (Å²) in [5.41, 5.74) is 1.19. The number of hydrogen-bond donors (Lipinski definition) is 1. The van der Waals surface area contributed by atoms with Crippen LogP contribution in [-0.2, 0) is 32.6 Å². The molecule has 4 aromatic carbocycles. The van der Waals surface area contributed by atoms with E-state index in [-0.39, 0.29) is 35.0 Å². The summed E-state index contributed by atoms with van der Waals surface area (Å²) in [6.45, 7) is 2.88. The second-order valence-electron chi connectivity index (χ2n) is 11.2. The van der Waals surface area contributed by atoms with E-state index >= 15 is 0 Å². The minimum absolute atomic E-state index is 0.0659. The van der Waals surface area contributed by atoms with Crippen LogP contribution < -0.4 is 14.4 Å². The molecule has 1 N–H and O–H groups in total. The van der Waals surface area contributed by atoms with Crippen molar-refractivity contribution in [1.82, 2.24) is 10.2 Å². The Bertz CT molecular complexity index is 1910. The molecular weight excluding hydrogens is 691 g/mol. The highest BCUT2D eigenvalue weighted by Gasteiger charge is 2.36. The molecule has 0 aromatic heterocycles. The Morgan fingerprint density at radius 3 is 2.24 bits per heavy atom. The standard InChI is InChI=1S/C35H36Cl2N4O7S/c1-4-18-38-35(43)32(19-25-8-6-5-7-9-25)39(22-26-11-13-27(36)14-12-26)34(42)23-40(31-20-28(37)15-17-33(31)48-3)49(46,47)29-16-10-24(2)30(21-29)41(44)45/h5-17,20-21,32H,4,18-19,22-23H2,1-3H3,(H,38,43). The number of hydrogen-bond acceptors (Lipinski definition) is 7. The molecule has 0 aliphatic carbocycles. The maximum atomic E-state index is 14.6. The third kappa shape index (κ3) is 9.28. The molecule has 0 bridgehead atoms. The van der Waals surface area contributed by atoms with Crippen LogP contribution in [0.5, 0.6) is 5.75 Å². The molecule has 49 heavy (non-hydrogen) atoms. The van der Waals surface area contributed by atoms with Crippen molar-refractivity contribution in [3.8, 4) is 5.75 Å². The van der Waals surface area contributed by atoms with Crippen molar-refractivity contribution in [2.24, 2.45) is 0 Å². The van der Waals surface area contributed by atoms with Gasteiger partial charge in [0.25, 0.3) is 15.7 Å². The minimum atomic E-state index is -4.68.